The summed E-state index contributed by atoms with van der Waals surface area (Å²) in [7, 11) is -3.92. The van der Waals surface area contributed by atoms with E-state index in [-0.39, 0.29) is 25.6 Å². The molecule has 206 valence electrons. The maximum Gasteiger partial charge on any atom is 0.408 e. The van der Waals surface area contributed by atoms with E-state index in [1.807, 2.05) is 0 Å². The first-order valence-corrected chi connectivity index (χ1v) is 14.4. The fourth-order valence-electron chi connectivity index (χ4n) is 4.36. The second-order valence-corrected chi connectivity index (χ2v) is 12.2. The second kappa shape index (κ2) is 14.1. The van der Waals surface area contributed by atoms with E-state index < -0.39 is 43.1 Å². The van der Waals surface area contributed by atoms with Crippen molar-refractivity contribution in [1.29, 1.82) is 0 Å². The summed E-state index contributed by atoms with van der Waals surface area (Å²) in [4.78, 5) is 32.9. The van der Waals surface area contributed by atoms with E-state index in [0.717, 1.165) is 32.1 Å². The number of carbonyl (C=O) groups excluding carboxylic acids is 2. The Kier molecular flexibility index (Phi) is 11.9. The lowest BCUT2D eigenvalue weighted by Crippen LogP contribution is -2.54. The maximum atomic E-state index is 13.5. The molecule has 0 radical (unpaired) electrons. The molecule has 0 spiro atoms. The van der Waals surface area contributed by atoms with Crippen molar-refractivity contribution in [2.75, 3.05) is 13.2 Å². The van der Waals surface area contributed by atoms with Crippen LogP contribution in [0, 0.1) is 5.92 Å². The average molecular weight is 531 g/mol. The van der Waals surface area contributed by atoms with E-state index in [9.17, 15) is 19.3 Å². The monoisotopic (exact) mass is 530 g/mol. The Hall–Kier alpha value is -1.94. The molecule has 1 aliphatic carbocycles. The summed E-state index contributed by atoms with van der Waals surface area (Å²) in [5.74, 6) is -1.86. The Morgan fingerprint density at radius 3 is 2.33 bits per heavy atom. The van der Waals surface area contributed by atoms with E-state index in [4.69, 9.17) is 13.8 Å². The van der Waals surface area contributed by atoms with Crippen molar-refractivity contribution in [1.82, 2.24) is 20.6 Å². The predicted octanol–water partition coefficient (Wildman–Crippen LogP) is 3.89. The number of imidazole rings is 1. The lowest BCUT2D eigenvalue weighted by molar-refractivity contribution is -0.124. The van der Waals surface area contributed by atoms with Gasteiger partial charge in [-0.1, -0.05) is 32.1 Å². The highest BCUT2D eigenvalue weighted by Gasteiger charge is 2.42. The number of ether oxygens (including phenoxy) is 1. The van der Waals surface area contributed by atoms with Gasteiger partial charge in [-0.2, -0.15) is 0 Å². The van der Waals surface area contributed by atoms with Crippen molar-refractivity contribution < 1.29 is 33.0 Å². The number of amides is 2. The van der Waals surface area contributed by atoms with Gasteiger partial charge >= 0.3 is 13.7 Å². The van der Waals surface area contributed by atoms with E-state index in [0.29, 0.717) is 12.1 Å². The van der Waals surface area contributed by atoms with Crippen LogP contribution in [0.15, 0.2) is 12.5 Å². The molecular weight excluding hydrogens is 487 g/mol. The van der Waals surface area contributed by atoms with Crippen LogP contribution in [0.2, 0.25) is 0 Å². The SMILES string of the molecule is CCOP(=O)(OCC)C(O)[C@H](CC1CCCCC1)NC(=O)[C@H](Cc1c[nH]cn1)NC(=O)OC(C)(C)C. The highest BCUT2D eigenvalue weighted by Crippen LogP contribution is 2.53. The first-order chi connectivity index (χ1) is 17.0. The van der Waals surface area contributed by atoms with Gasteiger partial charge in [0.05, 0.1) is 31.3 Å². The van der Waals surface area contributed by atoms with Gasteiger partial charge in [0, 0.05) is 12.6 Å². The van der Waals surface area contributed by atoms with Crippen molar-refractivity contribution in [3.8, 4) is 0 Å². The van der Waals surface area contributed by atoms with Crippen LogP contribution in [0.3, 0.4) is 0 Å². The number of nitrogens with one attached hydrogen (secondary N) is 3. The number of aromatic amines is 1. The largest absolute Gasteiger partial charge is 0.444 e. The van der Waals surface area contributed by atoms with E-state index in [1.165, 1.54) is 6.33 Å². The molecule has 0 aliphatic heterocycles. The van der Waals surface area contributed by atoms with Gasteiger partial charge in [0.15, 0.2) is 5.85 Å². The van der Waals surface area contributed by atoms with Gasteiger partial charge in [-0.25, -0.2) is 9.78 Å². The smallest absolute Gasteiger partial charge is 0.408 e. The van der Waals surface area contributed by atoms with Crippen molar-refractivity contribution in [2.24, 2.45) is 5.92 Å². The Balaban J connectivity index is 2.26. The number of rotatable bonds is 13. The number of alkyl carbamates (subject to hydrolysis) is 1. The second-order valence-electron chi connectivity index (χ2n) is 10.1. The van der Waals surface area contributed by atoms with Crippen LogP contribution in [0.1, 0.15) is 78.8 Å². The highest BCUT2D eigenvalue weighted by atomic mass is 31.2. The predicted molar refractivity (Wildman–Crippen MR) is 135 cm³/mol. The number of H-pyrrole nitrogens is 1. The molecule has 3 atom stereocenters. The summed E-state index contributed by atoms with van der Waals surface area (Å²) in [5.41, 5.74) is -0.191. The van der Waals surface area contributed by atoms with Crippen LogP contribution >= 0.6 is 7.60 Å². The number of aliphatic hydroxyl groups excluding tert-OH is 1. The third-order valence-electron chi connectivity index (χ3n) is 5.92. The molecule has 1 saturated carbocycles. The molecule has 1 unspecified atom stereocenters. The van der Waals surface area contributed by atoms with Crippen LogP contribution in [0.5, 0.6) is 0 Å². The molecule has 1 aromatic heterocycles. The molecule has 2 amide bonds. The topological polar surface area (TPSA) is 152 Å². The highest BCUT2D eigenvalue weighted by molar-refractivity contribution is 7.54. The third-order valence-corrected chi connectivity index (χ3v) is 8.16. The summed E-state index contributed by atoms with van der Waals surface area (Å²) in [6, 6.07) is -1.94. The average Bonchev–Trinajstić information content (AvgIpc) is 3.30. The summed E-state index contributed by atoms with van der Waals surface area (Å²) < 4.78 is 29.5. The third kappa shape index (κ3) is 9.84. The molecule has 0 saturated heterocycles. The number of nitrogens with zero attached hydrogens (tertiary/aromatic N) is 1. The van der Waals surface area contributed by atoms with Crippen molar-refractivity contribution in [3.05, 3.63) is 18.2 Å². The summed E-state index contributed by atoms with van der Waals surface area (Å²) >= 11 is 0. The zero-order valence-electron chi connectivity index (χ0n) is 22.1. The number of carbonyl (C=O) groups is 2. The fourth-order valence-corrected chi connectivity index (χ4v) is 6.10. The molecule has 1 aliphatic rings. The molecular formula is C24H43N4O7P. The quantitative estimate of drug-likeness (QED) is 0.280. The van der Waals surface area contributed by atoms with Crippen LogP contribution < -0.4 is 10.6 Å². The number of aromatic nitrogens is 2. The first kappa shape index (κ1) is 30.3. The zero-order valence-corrected chi connectivity index (χ0v) is 23.0. The molecule has 1 fully saturated rings. The molecule has 1 heterocycles. The summed E-state index contributed by atoms with van der Waals surface area (Å²) in [6.45, 7) is 8.68. The first-order valence-electron chi connectivity index (χ1n) is 12.8. The van der Waals surface area contributed by atoms with Gasteiger partial charge in [-0.15, -0.1) is 0 Å². The van der Waals surface area contributed by atoms with Gasteiger partial charge in [0.1, 0.15) is 11.6 Å². The molecule has 1 aromatic rings. The lowest BCUT2D eigenvalue weighted by atomic mass is 9.85. The molecule has 2 rings (SSSR count). The normalized spacial score (nSPS) is 17.7. The minimum absolute atomic E-state index is 0.0837. The summed E-state index contributed by atoms with van der Waals surface area (Å²) in [6.07, 6.45) is 8.07. The molecule has 12 heteroatoms. The van der Waals surface area contributed by atoms with Crippen LogP contribution in [0.4, 0.5) is 4.79 Å². The molecule has 0 bridgehead atoms. The van der Waals surface area contributed by atoms with E-state index in [1.54, 1.807) is 40.8 Å². The van der Waals surface area contributed by atoms with Gasteiger partial charge < -0.3 is 34.5 Å². The minimum Gasteiger partial charge on any atom is -0.444 e. The molecule has 4 N–H and O–H groups in total. The van der Waals surface area contributed by atoms with E-state index >= 15 is 0 Å². The van der Waals surface area contributed by atoms with Crippen LogP contribution in [0.25, 0.3) is 0 Å². The lowest BCUT2D eigenvalue weighted by Gasteiger charge is -2.33. The minimum atomic E-state index is -3.92. The Morgan fingerprint density at radius 1 is 1.17 bits per heavy atom. The fraction of sp³-hybridized carbons (Fsp3) is 0.792. The van der Waals surface area contributed by atoms with Crippen LogP contribution in [-0.2, 0) is 29.6 Å². The number of aliphatic hydroxyl groups is 1. The van der Waals surface area contributed by atoms with Crippen molar-refractivity contribution in [3.63, 3.8) is 0 Å². The van der Waals surface area contributed by atoms with Gasteiger partial charge in [0.2, 0.25) is 5.91 Å². The van der Waals surface area contributed by atoms with Gasteiger partial charge in [-0.05, 0) is 47.0 Å². The van der Waals surface area contributed by atoms with Crippen molar-refractivity contribution >= 4 is 19.6 Å². The number of hydrogen-bond donors (Lipinski definition) is 4. The Bertz CT molecular complexity index is 843. The molecule has 36 heavy (non-hydrogen) atoms. The van der Waals surface area contributed by atoms with E-state index in [2.05, 4.69) is 20.6 Å². The summed E-state index contributed by atoms with van der Waals surface area (Å²) in [5, 5.41) is 16.6. The molecule has 0 aromatic carbocycles. The molecule has 11 nitrogen and oxygen atoms in total. The zero-order chi connectivity index (χ0) is 26.8. The van der Waals surface area contributed by atoms with Crippen molar-refractivity contribution in [2.45, 2.75) is 103 Å². The maximum absolute atomic E-state index is 13.5. The van der Waals surface area contributed by atoms with Gasteiger partial charge in [-0.3, -0.25) is 9.36 Å². The Morgan fingerprint density at radius 2 is 1.81 bits per heavy atom. The standard InChI is InChI=1S/C24H43N4O7P/c1-6-33-36(32,34-7-2)22(30)20(13-17-11-9-8-10-12-17)27-21(29)19(14-18-15-25-16-26-18)28-23(31)35-24(3,4)5/h15-17,19-20,22,30H,6-14H2,1-5H3,(H,25,26)(H,27,29)(H,28,31)/t19-,20-,22?/m0/s1. The van der Waals surface area contributed by atoms with Gasteiger partial charge in [0.25, 0.3) is 0 Å². The van der Waals surface area contributed by atoms with Crippen LogP contribution in [-0.4, -0.2) is 63.8 Å². The Labute approximate surface area is 214 Å². The number of hydrogen-bond acceptors (Lipinski definition) is 8.